The Morgan fingerprint density at radius 1 is 1.00 bits per heavy atom. The normalized spacial score (nSPS) is 14.4. The molecule has 0 saturated heterocycles. The van der Waals surface area contributed by atoms with Crippen LogP contribution in [0.2, 0.25) is 0 Å². The fraction of sp³-hybridized carbons (Fsp3) is 1.00. The molecule has 0 aliphatic carbocycles. The second-order valence-corrected chi connectivity index (χ2v) is 6.37. The molecule has 0 aromatic heterocycles. The lowest BCUT2D eigenvalue weighted by Crippen LogP contribution is -2.26. The Bertz CT molecular complexity index is 388. The van der Waals surface area contributed by atoms with Crippen LogP contribution in [0.5, 0.6) is 0 Å². The molecule has 0 heterocycles. The molecular formula is C6H10F4O4S2. The first-order valence-electron chi connectivity index (χ1n) is 4.01. The Balaban J connectivity index is 4.79. The van der Waals surface area contributed by atoms with Gasteiger partial charge >= 0.3 is 20.4 Å². The Hall–Kier alpha value is -0.380. The van der Waals surface area contributed by atoms with Crippen LogP contribution in [0.3, 0.4) is 0 Å². The average molecular weight is 286 g/mol. The standard InChI is InChI=1S/C6H10F4O4S2/c1-6(7,8)2-5(3-15(9,11)12)4-16(10,13)14/h5H,2-4H2,1H3. The maximum Gasteiger partial charge on any atom is 0.302 e. The van der Waals surface area contributed by atoms with Crippen LogP contribution in [-0.4, -0.2) is 34.3 Å². The molecule has 0 aliphatic rings. The van der Waals surface area contributed by atoms with Crippen LogP contribution in [0, 0.1) is 5.92 Å². The number of rotatable bonds is 6. The van der Waals surface area contributed by atoms with Gasteiger partial charge in [-0.1, -0.05) is 0 Å². The van der Waals surface area contributed by atoms with Gasteiger partial charge in [0.2, 0.25) is 5.92 Å². The van der Waals surface area contributed by atoms with E-state index >= 15 is 0 Å². The molecule has 0 aromatic rings. The van der Waals surface area contributed by atoms with Gasteiger partial charge in [-0.15, -0.1) is 7.77 Å². The molecule has 0 unspecified atom stereocenters. The van der Waals surface area contributed by atoms with Gasteiger partial charge in [-0.05, 0) is 12.8 Å². The van der Waals surface area contributed by atoms with Crippen molar-refractivity contribution in [2.45, 2.75) is 19.3 Å². The van der Waals surface area contributed by atoms with E-state index in [1.807, 2.05) is 0 Å². The minimum Gasteiger partial charge on any atom is -0.207 e. The largest absolute Gasteiger partial charge is 0.302 e. The fourth-order valence-electron chi connectivity index (χ4n) is 1.24. The Labute approximate surface area is 91.1 Å². The third-order valence-corrected chi connectivity index (χ3v) is 3.26. The average Bonchev–Trinajstić information content (AvgIpc) is 1.70. The van der Waals surface area contributed by atoms with Crippen LogP contribution >= 0.6 is 0 Å². The van der Waals surface area contributed by atoms with E-state index in [-0.39, 0.29) is 0 Å². The van der Waals surface area contributed by atoms with E-state index in [9.17, 15) is 33.4 Å². The molecule has 0 radical (unpaired) electrons. The van der Waals surface area contributed by atoms with Crippen molar-refractivity contribution in [3.8, 4) is 0 Å². The molecule has 0 N–H and O–H groups in total. The van der Waals surface area contributed by atoms with Crippen molar-refractivity contribution in [1.29, 1.82) is 0 Å². The highest BCUT2D eigenvalue weighted by molar-refractivity contribution is 7.87. The topological polar surface area (TPSA) is 68.3 Å². The summed E-state index contributed by atoms with van der Waals surface area (Å²) < 4.78 is 90.1. The molecule has 98 valence electrons. The maximum absolute atomic E-state index is 12.5. The molecule has 0 fully saturated rings. The van der Waals surface area contributed by atoms with Crippen molar-refractivity contribution in [3.63, 3.8) is 0 Å². The van der Waals surface area contributed by atoms with E-state index in [1.165, 1.54) is 0 Å². The smallest absolute Gasteiger partial charge is 0.207 e. The van der Waals surface area contributed by atoms with E-state index in [4.69, 9.17) is 0 Å². The summed E-state index contributed by atoms with van der Waals surface area (Å²) in [4.78, 5) is 0. The van der Waals surface area contributed by atoms with Crippen LogP contribution < -0.4 is 0 Å². The summed E-state index contributed by atoms with van der Waals surface area (Å²) in [6.45, 7) is 0.399. The highest BCUT2D eigenvalue weighted by atomic mass is 32.3. The Kier molecular flexibility index (Phi) is 4.75. The second kappa shape index (κ2) is 4.86. The van der Waals surface area contributed by atoms with Gasteiger partial charge in [-0.3, -0.25) is 0 Å². The van der Waals surface area contributed by atoms with Gasteiger partial charge in [0.25, 0.3) is 0 Å². The molecule has 0 spiro atoms. The monoisotopic (exact) mass is 286 g/mol. The van der Waals surface area contributed by atoms with Gasteiger partial charge in [0, 0.05) is 6.42 Å². The predicted molar refractivity (Wildman–Crippen MR) is 48.5 cm³/mol. The molecule has 4 nitrogen and oxygen atoms in total. The summed E-state index contributed by atoms with van der Waals surface area (Å²) in [6, 6.07) is 0. The van der Waals surface area contributed by atoms with Crippen LogP contribution in [-0.2, 0) is 20.4 Å². The first kappa shape index (κ1) is 15.6. The van der Waals surface area contributed by atoms with Crippen LogP contribution in [0.15, 0.2) is 0 Å². The zero-order valence-electron chi connectivity index (χ0n) is 8.16. The quantitative estimate of drug-likeness (QED) is 0.544. The fourth-order valence-corrected chi connectivity index (χ4v) is 2.98. The van der Waals surface area contributed by atoms with Gasteiger partial charge < -0.3 is 0 Å². The van der Waals surface area contributed by atoms with Crippen molar-refractivity contribution in [1.82, 2.24) is 0 Å². The second-order valence-electron chi connectivity index (χ2n) is 3.55. The molecule has 0 saturated carbocycles. The highest BCUT2D eigenvalue weighted by Crippen LogP contribution is 2.25. The van der Waals surface area contributed by atoms with E-state index in [0.29, 0.717) is 6.92 Å². The van der Waals surface area contributed by atoms with Gasteiger partial charge in [0.15, 0.2) is 0 Å². The lowest BCUT2D eigenvalue weighted by atomic mass is 10.1. The maximum atomic E-state index is 12.5. The first-order valence-corrected chi connectivity index (χ1v) is 7.11. The van der Waals surface area contributed by atoms with E-state index in [1.54, 1.807) is 0 Å². The SMILES string of the molecule is CC(F)(F)CC(CS(=O)(=O)F)CS(=O)(=O)F. The molecule has 0 amide bonds. The minimum atomic E-state index is -5.13. The molecule has 0 rings (SSSR count). The minimum absolute atomic E-state index is 0.399. The Morgan fingerprint density at radius 3 is 1.50 bits per heavy atom. The third kappa shape index (κ3) is 10.1. The summed E-state index contributed by atoms with van der Waals surface area (Å²) in [5.74, 6) is -8.11. The van der Waals surface area contributed by atoms with Crippen molar-refractivity contribution in [2.75, 3.05) is 11.5 Å². The summed E-state index contributed by atoms with van der Waals surface area (Å²) in [6.07, 6.45) is -1.22. The van der Waals surface area contributed by atoms with Crippen molar-refractivity contribution in [2.24, 2.45) is 5.92 Å². The summed E-state index contributed by atoms with van der Waals surface area (Å²) >= 11 is 0. The number of hydrogen-bond acceptors (Lipinski definition) is 4. The third-order valence-electron chi connectivity index (χ3n) is 1.52. The van der Waals surface area contributed by atoms with Crippen molar-refractivity contribution >= 4 is 20.4 Å². The van der Waals surface area contributed by atoms with Gasteiger partial charge in [-0.2, -0.15) is 16.8 Å². The molecule has 0 bridgehead atoms. The Morgan fingerprint density at radius 2 is 1.31 bits per heavy atom. The summed E-state index contributed by atoms with van der Waals surface area (Å²) in [5, 5.41) is 0. The number of alkyl halides is 2. The zero-order chi connectivity index (χ0) is 13.2. The van der Waals surface area contributed by atoms with Crippen molar-refractivity contribution in [3.05, 3.63) is 0 Å². The molecular weight excluding hydrogens is 276 g/mol. The van der Waals surface area contributed by atoms with E-state index < -0.39 is 50.2 Å². The molecule has 0 aromatic carbocycles. The van der Waals surface area contributed by atoms with Crippen LogP contribution in [0.4, 0.5) is 16.6 Å². The van der Waals surface area contributed by atoms with Crippen LogP contribution in [0.25, 0.3) is 0 Å². The van der Waals surface area contributed by atoms with Crippen molar-refractivity contribution < 1.29 is 33.4 Å². The van der Waals surface area contributed by atoms with Crippen LogP contribution in [0.1, 0.15) is 13.3 Å². The predicted octanol–water partition coefficient (Wildman–Crippen LogP) is 1.25. The summed E-state index contributed by atoms with van der Waals surface area (Å²) in [7, 11) is -10.3. The van der Waals surface area contributed by atoms with Gasteiger partial charge in [-0.25, -0.2) is 8.78 Å². The molecule has 10 heteroatoms. The number of hydrogen-bond donors (Lipinski definition) is 0. The van der Waals surface area contributed by atoms with E-state index in [0.717, 1.165) is 0 Å². The zero-order valence-corrected chi connectivity index (χ0v) is 9.79. The summed E-state index contributed by atoms with van der Waals surface area (Å²) in [5.41, 5.74) is 0. The molecule has 16 heavy (non-hydrogen) atoms. The first-order chi connectivity index (χ1) is 6.79. The number of halogens is 4. The lowest BCUT2D eigenvalue weighted by Gasteiger charge is -2.17. The molecule has 0 atom stereocenters. The van der Waals surface area contributed by atoms with Gasteiger partial charge in [0.05, 0.1) is 11.5 Å². The lowest BCUT2D eigenvalue weighted by molar-refractivity contribution is 0.00163. The van der Waals surface area contributed by atoms with E-state index in [2.05, 4.69) is 0 Å². The highest BCUT2D eigenvalue weighted by Gasteiger charge is 2.33. The van der Waals surface area contributed by atoms with Gasteiger partial charge in [0.1, 0.15) is 0 Å². The molecule has 0 aliphatic heterocycles.